The number of benzene rings is 1. The summed E-state index contributed by atoms with van der Waals surface area (Å²) in [6.07, 6.45) is 0.729. The molecule has 0 spiro atoms. The molecule has 2 aliphatic heterocycles. The SMILES string of the molecule is CCOC(=O)N1CC[C@@H]2Nc3ccc(Cl)cc3[C@@H]2C1. The lowest BCUT2D eigenvalue weighted by Gasteiger charge is -2.34. The highest BCUT2D eigenvalue weighted by Gasteiger charge is 2.38. The Labute approximate surface area is 117 Å². The molecule has 0 bridgehead atoms. The summed E-state index contributed by atoms with van der Waals surface area (Å²) in [6.45, 7) is 3.69. The minimum absolute atomic E-state index is 0.212. The van der Waals surface area contributed by atoms with E-state index in [1.807, 2.05) is 25.1 Å². The van der Waals surface area contributed by atoms with Crippen LogP contribution in [0.25, 0.3) is 0 Å². The number of carbonyl (C=O) groups excluding carboxylic acids is 1. The van der Waals surface area contributed by atoms with Crippen molar-refractivity contribution in [2.75, 3.05) is 25.0 Å². The van der Waals surface area contributed by atoms with Gasteiger partial charge >= 0.3 is 6.09 Å². The summed E-state index contributed by atoms with van der Waals surface area (Å²) in [6, 6.07) is 6.32. The second-order valence-electron chi connectivity index (χ2n) is 5.02. The molecule has 0 saturated carbocycles. The second kappa shape index (κ2) is 4.93. The molecule has 2 heterocycles. The van der Waals surface area contributed by atoms with Crippen LogP contribution >= 0.6 is 11.6 Å². The van der Waals surface area contributed by atoms with Crippen LogP contribution in [-0.4, -0.2) is 36.7 Å². The Morgan fingerprint density at radius 3 is 3.21 bits per heavy atom. The number of amides is 1. The molecule has 19 heavy (non-hydrogen) atoms. The van der Waals surface area contributed by atoms with Gasteiger partial charge in [-0.2, -0.15) is 0 Å². The van der Waals surface area contributed by atoms with Crippen molar-refractivity contribution in [2.24, 2.45) is 0 Å². The van der Waals surface area contributed by atoms with Crippen molar-refractivity contribution >= 4 is 23.4 Å². The van der Waals surface area contributed by atoms with Gasteiger partial charge < -0.3 is 15.0 Å². The molecule has 1 amide bonds. The minimum atomic E-state index is -0.212. The molecule has 1 aromatic carbocycles. The van der Waals surface area contributed by atoms with Crippen molar-refractivity contribution in [1.82, 2.24) is 4.90 Å². The van der Waals surface area contributed by atoms with Crippen LogP contribution in [0.4, 0.5) is 10.5 Å². The van der Waals surface area contributed by atoms with Crippen molar-refractivity contribution in [2.45, 2.75) is 25.3 Å². The van der Waals surface area contributed by atoms with E-state index in [0.717, 1.165) is 23.7 Å². The van der Waals surface area contributed by atoms with Crippen molar-refractivity contribution in [1.29, 1.82) is 0 Å². The third-order valence-electron chi connectivity index (χ3n) is 3.89. The summed E-state index contributed by atoms with van der Waals surface area (Å²) in [5.41, 5.74) is 2.36. The molecule has 1 aromatic rings. The summed E-state index contributed by atoms with van der Waals surface area (Å²) < 4.78 is 5.08. The first-order valence-electron chi connectivity index (χ1n) is 6.66. The molecule has 4 nitrogen and oxygen atoms in total. The van der Waals surface area contributed by atoms with E-state index in [1.165, 1.54) is 5.56 Å². The average Bonchev–Trinajstić information content (AvgIpc) is 2.76. The predicted octanol–water partition coefficient (Wildman–Crippen LogP) is 3.08. The number of likely N-dealkylation sites (tertiary alicyclic amines) is 1. The normalized spacial score (nSPS) is 24.4. The zero-order chi connectivity index (χ0) is 13.4. The molecule has 0 unspecified atom stereocenters. The van der Waals surface area contributed by atoms with Gasteiger partial charge in [-0.3, -0.25) is 0 Å². The predicted molar refractivity (Wildman–Crippen MR) is 74.8 cm³/mol. The number of fused-ring (bicyclic) bond motifs is 3. The highest BCUT2D eigenvalue weighted by Crippen LogP contribution is 2.41. The Kier molecular flexibility index (Phi) is 3.27. The van der Waals surface area contributed by atoms with Crippen LogP contribution in [0.2, 0.25) is 5.02 Å². The van der Waals surface area contributed by atoms with Crippen LogP contribution in [0.3, 0.4) is 0 Å². The maximum atomic E-state index is 11.8. The first kappa shape index (κ1) is 12.6. The molecule has 1 fully saturated rings. The molecule has 0 aromatic heterocycles. The fraction of sp³-hybridized carbons (Fsp3) is 0.500. The number of ether oxygens (including phenoxy) is 1. The summed E-state index contributed by atoms with van der Waals surface area (Å²) in [7, 11) is 0. The van der Waals surface area contributed by atoms with Gasteiger partial charge in [-0.25, -0.2) is 4.79 Å². The highest BCUT2D eigenvalue weighted by atomic mass is 35.5. The van der Waals surface area contributed by atoms with Crippen LogP contribution in [0.1, 0.15) is 24.8 Å². The third-order valence-corrected chi connectivity index (χ3v) is 4.13. The van der Waals surface area contributed by atoms with Gasteiger partial charge in [0, 0.05) is 35.8 Å². The largest absolute Gasteiger partial charge is 0.450 e. The van der Waals surface area contributed by atoms with Crippen molar-refractivity contribution < 1.29 is 9.53 Å². The summed E-state index contributed by atoms with van der Waals surface area (Å²) in [4.78, 5) is 13.6. The summed E-state index contributed by atoms with van der Waals surface area (Å²) >= 11 is 6.07. The smallest absolute Gasteiger partial charge is 0.409 e. The highest BCUT2D eigenvalue weighted by molar-refractivity contribution is 6.30. The number of hydrogen-bond donors (Lipinski definition) is 1. The van der Waals surface area contributed by atoms with Crippen LogP contribution in [0, 0.1) is 0 Å². The van der Waals surface area contributed by atoms with Crippen LogP contribution in [0.5, 0.6) is 0 Å². The van der Waals surface area contributed by atoms with Crippen LogP contribution < -0.4 is 5.32 Å². The fourth-order valence-electron chi connectivity index (χ4n) is 2.99. The Morgan fingerprint density at radius 1 is 1.58 bits per heavy atom. The van der Waals surface area contributed by atoms with Crippen LogP contribution in [-0.2, 0) is 4.74 Å². The van der Waals surface area contributed by atoms with E-state index in [4.69, 9.17) is 16.3 Å². The Bertz CT molecular complexity index is 506. The Hall–Kier alpha value is -1.42. The van der Waals surface area contributed by atoms with E-state index in [-0.39, 0.29) is 6.09 Å². The van der Waals surface area contributed by atoms with Gasteiger partial charge in [-0.05, 0) is 37.1 Å². The Morgan fingerprint density at radius 2 is 2.42 bits per heavy atom. The minimum Gasteiger partial charge on any atom is -0.450 e. The fourth-order valence-corrected chi connectivity index (χ4v) is 3.17. The van der Waals surface area contributed by atoms with Gasteiger partial charge in [0.05, 0.1) is 6.61 Å². The zero-order valence-electron chi connectivity index (χ0n) is 10.9. The molecule has 5 heteroatoms. The van der Waals surface area contributed by atoms with Crippen molar-refractivity contribution in [3.05, 3.63) is 28.8 Å². The summed E-state index contributed by atoms with van der Waals surface area (Å²) in [5, 5.41) is 4.26. The number of carbonyl (C=O) groups is 1. The van der Waals surface area contributed by atoms with Crippen LogP contribution in [0.15, 0.2) is 18.2 Å². The molecular formula is C14H17ClN2O2. The molecule has 1 saturated heterocycles. The molecule has 2 atom stereocenters. The van der Waals surface area contributed by atoms with E-state index in [1.54, 1.807) is 4.90 Å². The number of halogens is 1. The lowest BCUT2D eigenvalue weighted by Crippen LogP contribution is -2.45. The summed E-state index contributed by atoms with van der Waals surface area (Å²) in [5.74, 6) is 0.312. The number of piperidine rings is 1. The quantitative estimate of drug-likeness (QED) is 0.859. The number of nitrogens with one attached hydrogen (secondary N) is 1. The van der Waals surface area contributed by atoms with E-state index >= 15 is 0 Å². The lowest BCUT2D eigenvalue weighted by molar-refractivity contribution is 0.0949. The van der Waals surface area contributed by atoms with E-state index in [9.17, 15) is 4.79 Å². The maximum Gasteiger partial charge on any atom is 0.409 e. The third kappa shape index (κ3) is 2.25. The zero-order valence-corrected chi connectivity index (χ0v) is 11.6. The number of anilines is 1. The Balaban J connectivity index is 1.80. The first-order chi connectivity index (χ1) is 9.19. The molecule has 0 radical (unpaired) electrons. The topological polar surface area (TPSA) is 41.6 Å². The monoisotopic (exact) mass is 280 g/mol. The lowest BCUT2D eigenvalue weighted by atomic mass is 9.89. The van der Waals surface area contributed by atoms with E-state index in [0.29, 0.717) is 25.1 Å². The van der Waals surface area contributed by atoms with Gasteiger partial charge in [-0.1, -0.05) is 11.6 Å². The maximum absolute atomic E-state index is 11.8. The molecule has 1 N–H and O–H groups in total. The standard InChI is InChI=1S/C14H17ClN2O2/c1-2-19-14(18)17-6-5-13-11(8-17)10-7-9(15)3-4-12(10)16-13/h3-4,7,11,13,16H,2,5-6,8H2,1H3/t11-,13-/m0/s1. The number of hydrogen-bond acceptors (Lipinski definition) is 3. The molecule has 2 aliphatic rings. The average molecular weight is 281 g/mol. The first-order valence-corrected chi connectivity index (χ1v) is 7.04. The molecule has 3 rings (SSSR count). The van der Waals surface area contributed by atoms with Gasteiger partial charge in [0.15, 0.2) is 0 Å². The molecule has 0 aliphatic carbocycles. The van der Waals surface area contributed by atoms with Gasteiger partial charge in [0.25, 0.3) is 0 Å². The van der Waals surface area contributed by atoms with Gasteiger partial charge in [0.2, 0.25) is 0 Å². The van der Waals surface area contributed by atoms with Gasteiger partial charge in [0.1, 0.15) is 0 Å². The van der Waals surface area contributed by atoms with Crippen molar-refractivity contribution in [3.8, 4) is 0 Å². The molecular weight excluding hydrogens is 264 g/mol. The molecule has 102 valence electrons. The second-order valence-corrected chi connectivity index (χ2v) is 5.46. The number of rotatable bonds is 1. The van der Waals surface area contributed by atoms with Gasteiger partial charge in [-0.15, -0.1) is 0 Å². The van der Waals surface area contributed by atoms with E-state index < -0.39 is 0 Å². The van der Waals surface area contributed by atoms with Crippen molar-refractivity contribution in [3.63, 3.8) is 0 Å². The van der Waals surface area contributed by atoms with E-state index in [2.05, 4.69) is 5.32 Å². The number of nitrogens with zero attached hydrogens (tertiary/aromatic N) is 1.